The highest BCUT2D eigenvalue weighted by Gasteiger charge is 2.24. The molecule has 0 aliphatic heterocycles. The van der Waals surface area contributed by atoms with E-state index < -0.39 is 5.97 Å². The van der Waals surface area contributed by atoms with E-state index in [9.17, 15) is 15.2 Å². The SMILES string of the molecule is CC.CC.Cc1c(C#N)c(-c2ccc(-c3cnco3)cc2)c(C(=O)O)n1C. The van der Waals surface area contributed by atoms with Crippen molar-refractivity contribution in [3.63, 3.8) is 0 Å². The lowest BCUT2D eigenvalue weighted by Gasteiger charge is -2.05. The van der Waals surface area contributed by atoms with Crippen LogP contribution in [0.25, 0.3) is 22.5 Å². The number of benzene rings is 1. The molecule has 1 N–H and O–H groups in total. The summed E-state index contributed by atoms with van der Waals surface area (Å²) in [6, 6.07) is 9.28. The number of carboxylic acids is 1. The number of hydrogen-bond acceptors (Lipinski definition) is 4. The second kappa shape index (κ2) is 9.97. The molecule has 142 valence electrons. The second-order valence-electron chi connectivity index (χ2n) is 5.10. The van der Waals surface area contributed by atoms with Crippen LogP contribution in [0.2, 0.25) is 0 Å². The number of rotatable bonds is 3. The van der Waals surface area contributed by atoms with E-state index in [0.717, 1.165) is 5.56 Å². The van der Waals surface area contributed by atoms with Crippen LogP contribution < -0.4 is 0 Å². The molecular weight excluding hydrogens is 342 g/mol. The van der Waals surface area contributed by atoms with E-state index in [1.165, 1.54) is 11.0 Å². The van der Waals surface area contributed by atoms with E-state index >= 15 is 0 Å². The Morgan fingerprint density at radius 1 is 1.15 bits per heavy atom. The van der Waals surface area contributed by atoms with Crippen LogP contribution in [-0.4, -0.2) is 20.6 Å². The van der Waals surface area contributed by atoms with E-state index in [0.29, 0.717) is 28.1 Å². The van der Waals surface area contributed by atoms with Crippen LogP contribution in [0.1, 0.15) is 49.4 Å². The van der Waals surface area contributed by atoms with E-state index in [1.807, 2.05) is 39.8 Å². The minimum atomic E-state index is -1.06. The molecule has 0 atom stereocenters. The van der Waals surface area contributed by atoms with Crippen molar-refractivity contribution >= 4 is 5.97 Å². The van der Waals surface area contributed by atoms with Gasteiger partial charge in [-0.2, -0.15) is 5.26 Å². The van der Waals surface area contributed by atoms with Crippen LogP contribution in [0.4, 0.5) is 0 Å². The zero-order valence-electron chi connectivity index (χ0n) is 16.6. The Bertz CT molecular complexity index is 915. The molecule has 0 aliphatic carbocycles. The zero-order valence-corrected chi connectivity index (χ0v) is 16.6. The van der Waals surface area contributed by atoms with Gasteiger partial charge in [0.1, 0.15) is 11.8 Å². The molecule has 0 aliphatic rings. The number of nitrogens with zero attached hydrogens (tertiary/aromatic N) is 3. The van der Waals surface area contributed by atoms with Gasteiger partial charge in [-0.25, -0.2) is 9.78 Å². The summed E-state index contributed by atoms with van der Waals surface area (Å²) in [6.07, 6.45) is 2.95. The van der Waals surface area contributed by atoms with Gasteiger partial charge in [0.15, 0.2) is 12.2 Å². The largest absolute Gasteiger partial charge is 0.477 e. The van der Waals surface area contributed by atoms with Crippen molar-refractivity contribution in [2.75, 3.05) is 0 Å². The summed E-state index contributed by atoms with van der Waals surface area (Å²) in [4.78, 5) is 15.5. The lowest BCUT2D eigenvalue weighted by molar-refractivity contribution is 0.0687. The van der Waals surface area contributed by atoms with Crippen molar-refractivity contribution < 1.29 is 14.3 Å². The highest BCUT2D eigenvalue weighted by atomic mass is 16.4. The predicted molar refractivity (Wildman–Crippen MR) is 105 cm³/mol. The normalized spacial score (nSPS) is 9.37. The summed E-state index contributed by atoms with van der Waals surface area (Å²) in [5.74, 6) is -0.439. The summed E-state index contributed by atoms with van der Waals surface area (Å²) in [5, 5.41) is 18.9. The molecule has 0 bridgehead atoms. The highest BCUT2D eigenvalue weighted by molar-refractivity contribution is 5.97. The third kappa shape index (κ3) is 4.26. The van der Waals surface area contributed by atoms with E-state index in [1.54, 1.807) is 32.3 Å². The van der Waals surface area contributed by atoms with Gasteiger partial charge < -0.3 is 14.1 Å². The highest BCUT2D eigenvalue weighted by Crippen LogP contribution is 2.33. The van der Waals surface area contributed by atoms with Crippen molar-refractivity contribution in [3.8, 4) is 28.5 Å². The minimum absolute atomic E-state index is 0.103. The summed E-state index contributed by atoms with van der Waals surface area (Å²) in [6.45, 7) is 9.73. The van der Waals surface area contributed by atoms with Gasteiger partial charge in [0, 0.05) is 23.9 Å². The van der Waals surface area contributed by atoms with Gasteiger partial charge in [-0.1, -0.05) is 52.0 Å². The number of oxazole rings is 1. The molecule has 0 saturated heterocycles. The molecule has 27 heavy (non-hydrogen) atoms. The van der Waals surface area contributed by atoms with Gasteiger partial charge in [0.25, 0.3) is 0 Å². The van der Waals surface area contributed by atoms with E-state index in [2.05, 4.69) is 11.1 Å². The average molecular weight is 367 g/mol. The van der Waals surface area contributed by atoms with Crippen LogP contribution in [0.15, 0.2) is 41.3 Å². The summed E-state index contributed by atoms with van der Waals surface area (Å²) in [7, 11) is 1.64. The first-order valence-electron chi connectivity index (χ1n) is 8.86. The lowest BCUT2D eigenvalue weighted by Crippen LogP contribution is -2.06. The molecular formula is C21H25N3O3. The van der Waals surface area contributed by atoms with Crippen LogP contribution >= 0.6 is 0 Å². The second-order valence-corrected chi connectivity index (χ2v) is 5.10. The van der Waals surface area contributed by atoms with Crippen molar-refractivity contribution in [3.05, 3.63) is 53.8 Å². The van der Waals surface area contributed by atoms with Gasteiger partial charge in [0.2, 0.25) is 0 Å². The smallest absolute Gasteiger partial charge is 0.353 e. The molecule has 3 rings (SSSR count). The maximum atomic E-state index is 11.6. The summed E-state index contributed by atoms with van der Waals surface area (Å²) >= 11 is 0. The Morgan fingerprint density at radius 3 is 2.15 bits per heavy atom. The molecule has 0 fully saturated rings. The monoisotopic (exact) mass is 367 g/mol. The fraction of sp³-hybridized carbons (Fsp3) is 0.286. The fourth-order valence-corrected chi connectivity index (χ4v) is 2.63. The fourth-order valence-electron chi connectivity index (χ4n) is 2.63. The van der Waals surface area contributed by atoms with Gasteiger partial charge in [-0.3, -0.25) is 0 Å². The van der Waals surface area contributed by atoms with Crippen LogP contribution in [0.3, 0.4) is 0 Å². The number of carbonyl (C=O) groups is 1. The molecule has 6 heteroatoms. The molecule has 2 heterocycles. The van der Waals surface area contributed by atoms with E-state index in [4.69, 9.17) is 4.42 Å². The maximum Gasteiger partial charge on any atom is 0.353 e. The van der Waals surface area contributed by atoms with Crippen LogP contribution in [-0.2, 0) is 7.05 Å². The molecule has 2 aromatic heterocycles. The zero-order chi connectivity index (χ0) is 20.6. The molecule has 3 aromatic rings. The first kappa shape index (κ1) is 21.7. The quantitative estimate of drug-likeness (QED) is 0.680. The Kier molecular flexibility index (Phi) is 8.02. The third-order valence-electron chi connectivity index (χ3n) is 3.89. The molecule has 6 nitrogen and oxygen atoms in total. The maximum absolute atomic E-state index is 11.6. The van der Waals surface area contributed by atoms with Gasteiger partial charge in [-0.15, -0.1) is 0 Å². The Labute approximate surface area is 159 Å². The molecule has 0 saturated carbocycles. The molecule has 0 amide bonds. The molecule has 0 radical (unpaired) electrons. The Morgan fingerprint density at radius 2 is 1.70 bits per heavy atom. The van der Waals surface area contributed by atoms with Gasteiger partial charge in [-0.05, 0) is 12.5 Å². The predicted octanol–water partition coefficient (Wildman–Crippen LogP) is 5.28. The van der Waals surface area contributed by atoms with E-state index in [-0.39, 0.29) is 5.69 Å². The van der Waals surface area contributed by atoms with Crippen molar-refractivity contribution in [1.29, 1.82) is 5.26 Å². The standard InChI is InChI=1S/C17H13N3O3.2C2H6/c1-10-13(7-18)15(16(17(21)22)20(10)2)12-5-3-11(4-6-12)14-8-19-9-23-14;2*1-2/h3-6,8-9H,1-2H3,(H,21,22);2*1-2H3. The minimum Gasteiger partial charge on any atom is -0.477 e. The first-order valence-corrected chi connectivity index (χ1v) is 8.86. The summed E-state index contributed by atoms with van der Waals surface area (Å²) < 4.78 is 6.76. The average Bonchev–Trinajstić information content (AvgIpc) is 3.32. The topological polar surface area (TPSA) is 92.1 Å². The number of carboxylic acid groups (broad SMARTS) is 1. The van der Waals surface area contributed by atoms with Crippen molar-refractivity contribution in [2.45, 2.75) is 34.6 Å². The van der Waals surface area contributed by atoms with Crippen LogP contribution in [0.5, 0.6) is 0 Å². The van der Waals surface area contributed by atoms with Crippen molar-refractivity contribution in [2.24, 2.45) is 7.05 Å². The number of aromatic nitrogens is 2. The van der Waals surface area contributed by atoms with Gasteiger partial charge >= 0.3 is 5.97 Å². The van der Waals surface area contributed by atoms with Gasteiger partial charge in [0.05, 0.1) is 11.8 Å². The molecule has 0 spiro atoms. The third-order valence-corrected chi connectivity index (χ3v) is 3.89. The first-order chi connectivity index (χ1) is 13.0. The number of nitriles is 1. The van der Waals surface area contributed by atoms with Crippen molar-refractivity contribution in [1.82, 2.24) is 9.55 Å². The molecule has 1 aromatic carbocycles. The Hall–Kier alpha value is -3.33. The summed E-state index contributed by atoms with van der Waals surface area (Å²) in [5.41, 5.74) is 3.03. The van der Waals surface area contributed by atoms with Crippen LogP contribution in [0, 0.1) is 18.3 Å². The lowest BCUT2D eigenvalue weighted by atomic mass is 9.99. The Balaban J connectivity index is 0.000000855. The number of hydrogen-bond donors (Lipinski definition) is 1. The molecule has 0 unspecified atom stereocenters. The number of aromatic carboxylic acids is 1.